The Labute approximate surface area is 75.7 Å². The molecule has 72 valence electrons. The highest BCUT2D eigenvalue weighted by Gasteiger charge is 2.37. The van der Waals surface area contributed by atoms with Gasteiger partial charge < -0.3 is 10.1 Å². The van der Waals surface area contributed by atoms with Crippen molar-refractivity contribution in [2.75, 3.05) is 27.3 Å². The third-order valence-electron chi connectivity index (χ3n) is 2.97. The molecule has 1 spiro atoms. The molecular formula is C10H21NO. The lowest BCUT2D eigenvalue weighted by Crippen LogP contribution is -2.44. The van der Waals surface area contributed by atoms with Gasteiger partial charge in [-0.15, -0.1) is 0 Å². The van der Waals surface area contributed by atoms with Crippen LogP contribution in [0.5, 0.6) is 0 Å². The van der Waals surface area contributed by atoms with Gasteiger partial charge in [-0.05, 0) is 37.6 Å². The molecule has 2 aliphatic rings. The molecular weight excluding hydrogens is 150 g/mol. The summed E-state index contributed by atoms with van der Waals surface area (Å²) in [5.74, 6) is 0. The predicted octanol–water partition coefficient (Wildman–Crippen LogP) is 1.80. The topological polar surface area (TPSA) is 21.3 Å². The van der Waals surface area contributed by atoms with E-state index in [1.807, 2.05) is 0 Å². The maximum Gasteiger partial charge on any atom is 0.0351 e. The number of hydrogen-bond donors (Lipinski definition) is 1. The van der Waals surface area contributed by atoms with E-state index < -0.39 is 0 Å². The molecule has 0 bridgehead atoms. The largest absolute Gasteiger partial charge is 0.388 e. The van der Waals surface area contributed by atoms with E-state index in [1.54, 1.807) is 14.2 Å². The predicted molar refractivity (Wildman–Crippen MR) is 51.3 cm³/mol. The first kappa shape index (κ1) is 10.0. The molecule has 2 heteroatoms. The minimum absolute atomic E-state index is 0.790. The van der Waals surface area contributed by atoms with Crippen molar-refractivity contribution in [1.82, 2.24) is 5.32 Å². The Hall–Kier alpha value is -0.0800. The summed E-state index contributed by atoms with van der Waals surface area (Å²) in [5, 5.41) is 3.48. The van der Waals surface area contributed by atoms with E-state index in [0.717, 1.165) is 5.41 Å². The van der Waals surface area contributed by atoms with E-state index in [0.29, 0.717) is 0 Å². The summed E-state index contributed by atoms with van der Waals surface area (Å²) in [7, 11) is 3.25. The van der Waals surface area contributed by atoms with Crippen LogP contribution in [0.15, 0.2) is 0 Å². The second kappa shape index (κ2) is 4.83. The van der Waals surface area contributed by atoms with Gasteiger partial charge in [0.2, 0.25) is 0 Å². The summed E-state index contributed by atoms with van der Waals surface area (Å²) < 4.78 is 4.25. The standard InChI is InChI=1S/C8H15N.C2H6O/c1-3-8(4-1)5-2-6-9-7-8;1-3-2/h9H,1-7H2;1-2H3. The summed E-state index contributed by atoms with van der Waals surface area (Å²) in [6.07, 6.45) is 7.40. The minimum atomic E-state index is 0.790. The Balaban J connectivity index is 0.000000213. The number of rotatable bonds is 0. The zero-order valence-electron chi connectivity index (χ0n) is 8.36. The van der Waals surface area contributed by atoms with E-state index in [2.05, 4.69) is 10.1 Å². The summed E-state index contributed by atoms with van der Waals surface area (Å²) >= 11 is 0. The number of hydrogen-bond acceptors (Lipinski definition) is 2. The fourth-order valence-corrected chi connectivity index (χ4v) is 2.13. The highest BCUT2D eigenvalue weighted by atomic mass is 16.4. The fraction of sp³-hybridized carbons (Fsp3) is 1.00. The first-order valence-corrected chi connectivity index (χ1v) is 4.94. The number of piperidine rings is 1. The summed E-state index contributed by atoms with van der Waals surface area (Å²) in [5.41, 5.74) is 0.790. The van der Waals surface area contributed by atoms with Gasteiger partial charge >= 0.3 is 0 Å². The van der Waals surface area contributed by atoms with E-state index in [4.69, 9.17) is 0 Å². The van der Waals surface area contributed by atoms with Crippen molar-refractivity contribution in [3.8, 4) is 0 Å². The maximum absolute atomic E-state index is 4.25. The molecule has 1 saturated carbocycles. The number of methoxy groups -OCH3 is 1. The van der Waals surface area contributed by atoms with E-state index in [-0.39, 0.29) is 0 Å². The SMILES string of the molecule is C1CNCC2(C1)CCC2.COC. The van der Waals surface area contributed by atoms with Gasteiger partial charge in [0, 0.05) is 20.8 Å². The van der Waals surface area contributed by atoms with E-state index in [9.17, 15) is 0 Å². The molecule has 2 fully saturated rings. The van der Waals surface area contributed by atoms with Crippen molar-refractivity contribution >= 4 is 0 Å². The molecule has 0 aromatic heterocycles. The molecule has 0 aromatic carbocycles. The van der Waals surface area contributed by atoms with Crippen molar-refractivity contribution in [2.45, 2.75) is 32.1 Å². The van der Waals surface area contributed by atoms with Gasteiger partial charge in [0.15, 0.2) is 0 Å². The first-order valence-electron chi connectivity index (χ1n) is 4.94. The average molecular weight is 171 g/mol. The Morgan fingerprint density at radius 1 is 1.08 bits per heavy atom. The molecule has 0 aromatic rings. The zero-order valence-corrected chi connectivity index (χ0v) is 8.36. The molecule has 1 saturated heterocycles. The molecule has 1 N–H and O–H groups in total. The van der Waals surface area contributed by atoms with Crippen LogP contribution >= 0.6 is 0 Å². The molecule has 1 heterocycles. The van der Waals surface area contributed by atoms with Crippen LogP contribution in [0.25, 0.3) is 0 Å². The Kier molecular flexibility index (Phi) is 4.02. The normalized spacial score (nSPS) is 25.5. The van der Waals surface area contributed by atoms with Gasteiger partial charge in [-0.3, -0.25) is 0 Å². The van der Waals surface area contributed by atoms with E-state index in [1.165, 1.54) is 45.2 Å². The molecule has 2 rings (SSSR count). The quantitative estimate of drug-likeness (QED) is 0.600. The molecule has 0 amide bonds. The Morgan fingerprint density at radius 2 is 1.67 bits per heavy atom. The number of nitrogens with one attached hydrogen (secondary N) is 1. The maximum atomic E-state index is 4.25. The van der Waals surface area contributed by atoms with Gasteiger partial charge in [0.05, 0.1) is 0 Å². The van der Waals surface area contributed by atoms with Crippen LogP contribution in [-0.2, 0) is 4.74 Å². The van der Waals surface area contributed by atoms with Crippen molar-refractivity contribution in [2.24, 2.45) is 5.41 Å². The van der Waals surface area contributed by atoms with Crippen LogP contribution in [-0.4, -0.2) is 27.3 Å². The highest BCUT2D eigenvalue weighted by Crippen LogP contribution is 2.45. The summed E-state index contributed by atoms with van der Waals surface area (Å²) in [6, 6.07) is 0. The van der Waals surface area contributed by atoms with Crippen LogP contribution < -0.4 is 5.32 Å². The van der Waals surface area contributed by atoms with Crippen molar-refractivity contribution < 1.29 is 4.74 Å². The molecule has 0 atom stereocenters. The second-order valence-electron chi connectivity index (χ2n) is 4.04. The highest BCUT2D eigenvalue weighted by molar-refractivity contribution is 4.91. The molecule has 2 nitrogen and oxygen atoms in total. The zero-order chi connectivity index (χ0) is 8.86. The number of ether oxygens (including phenoxy) is 1. The van der Waals surface area contributed by atoms with Crippen LogP contribution in [0.2, 0.25) is 0 Å². The lowest BCUT2D eigenvalue weighted by Gasteiger charge is -2.45. The Morgan fingerprint density at radius 3 is 1.92 bits per heavy atom. The molecule has 12 heavy (non-hydrogen) atoms. The van der Waals surface area contributed by atoms with Crippen LogP contribution in [0.4, 0.5) is 0 Å². The molecule has 1 aliphatic heterocycles. The van der Waals surface area contributed by atoms with Gasteiger partial charge in [-0.2, -0.15) is 0 Å². The van der Waals surface area contributed by atoms with Crippen molar-refractivity contribution in [1.29, 1.82) is 0 Å². The third kappa shape index (κ3) is 2.46. The third-order valence-corrected chi connectivity index (χ3v) is 2.97. The second-order valence-corrected chi connectivity index (χ2v) is 4.04. The minimum Gasteiger partial charge on any atom is -0.388 e. The van der Waals surface area contributed by atoms with Gasteiger partial charge in [0.1, 0.15) is 0 Å². The van der Waals surface area contributed by atoms with Crippen molar-refractivity contribution in [3.63, 3.8) is 0 Å². The van der Waals surface area contributed by atoms with Crippen molar-refractivity contribution in [3.05, 3.63) is 0 Å². The van der Waals surface area contributed by atoms with Gasteiger partial charge in [-0.25, -0.2) is 0 Å². The lowest BCUT2D eigenvalue weighted by molar-refractivity contribution is 0.0935. The smallest absolute Gasteiger partial charge is 0.0351 e. The van der Waals surface area contributed by atoms with Crippen LogP contribution in [0, 0.1) is 5.41 Å². The summed E-state index contributed by atoms with van der Waals surface area (Å²) in [6.45, 7) is 2.58. The fourth-order valence-electron chi connectivity index (χ4n) is 2.13. The molecule has 1 aliphatic carbocycles. The van der Waals surface area contributed by atoms with Crippen LogP contribution in [0.3, 0.4) is 0 Å². The monoisotopic (exact) mass is 171 g/mol. The lowest BCUT2D eigenvalue weighted by atomic mass is 9.65. The Bertz CT molecular complexity index is 113. The van der Waals surface area contributed by atoms with Gasteiger partial charge in [-0.1, -0.05) is 6.42 Å². The van der Waals surface area contributed by atoms with E-state index >= 15 is 0 Å². The van der Waals surface area contributed by atoms with Gasteiger partial charge in [0.25, 0.3) is 0 Å². The van der Waals surface area contributed by atoms with Crippen LogP contribution in [0.1, 0.15) is 32.1 Å². The first-order chi connectivity index (χ1) is 5.83. The molecule has 0 unspecified atom stereocenters. The average Bonchev–Trinajstić information content (AvgIpc) is 2.05. The molecule has 0 radical (unpaired) electrons. The summed E-state index contributed by atoms with van der Waals surface area (Å²) in [4.78, 5) is 0.